The number of hydrogen-bond donors (Lipinski definition) is 6. The third kappa shape index (κ3) is 16.3. The summed E-state index contributed by atoms with van der Waals surface area (Å²) in [5, 5.41) is 28.7. The molecule has 60 heavy (non-hydrogen) atoms. The summed E-state index contributed by atoms with van der Waals surface area (Å²) in [6.07, 6.45) is -1.85. The Morgan fingerprint density at radius 1 is 0.683 bits per heavy atom. The molecule has 4 heterocycles. The first kappa shape index (κ1) is 51.9. The zero-order valence-corrected chi connectivity index (χ0v) is 36.2. The van der Waals surface area contributed by atoms with Gasteiger partial charge in [-0.15, -0.1) is 0 Å². The molecule has 2 aliphatic carbocycles. The summed E-state index contributed by atoms with van der Waals surface area (Å²) >= 11 is 0. The molecular formula is C37H49BF6N12NaO3. The second-order valence-electron chi connectivity index (χ2n) is 14.2. The summed E-state index contributed by atoms with van der Waals surface area (Å²) < 4.78 is 77.3. The van der Waals surface area contributed by atoms with Gasteiger partial charge in [-0.1, -0.05) is 6.42 Å². The Labute approximate surface area is 369 Å². The molecule has 0 aliphatic heterocycles. The SMILES string of the molecule is CC(C)Nc1nc(Nc2ccnc(C(F)(F)F)c2)nc(C2CCCC(=O)C2)n1.CC(C)Nc1nc(Nc2ccnc(C(F)(F)F)c2)nc(C2CCCC(O)C2)n1.CO.[B].[H-].[Na+]. The van der Waals surface area contributed by atoms with Crippen molar-refractivity contribution in [3.8, 4) is 0 Å². The molecule has 0 aromatic carbocycles. The molecule has 0 spiro atoms. The molecule has 6 rings (SSSR count). The third-order valence-corrected chi connectivity index (χ3v) is 8.61. The van der Waals surface area contributed by atoms with Gasteiger partial charge in [-0.25, -0.2) is 0 Å². The minimum absolute atomic E-state index is 0. The van der Waals surface area contributed by atoms with Crippen LogP contribution in [-0.4, -0.2) is 89.6 Å². The zero-order chi connectivity index (χ0) is 42.6. The minimum Gasteiger partial charge on any atom is -1.00 e. The Kier molecular flexibility index (Phi) is 20.5. The molecule has 321 valence electrons. The van der Waals surface area contributed by atoms with Gasteiger partial charge in [0, 0.05) is 76.1 Å². The Balaban J connectivity index is 0.000000560. The first-order valence-electron chi connectivity index (χ1n) is 18.7. The quantitative estimate of drug-likeness (QED) is 0.0972. The number of rotatable bonds is 10. The molecule has 15 nitrogen and oxygen atoms in total. The van der Waals surface area contributed by atoms with Gasteiger partial charge < -0.3 is 32.9 Å². The molecule has 6 N–H and O–H groups in total. The van der Waals surface area contributed by atoms with Crippen molar-refractivity contribution < 1.29 is 72.3 Å². The number of halogens is 6. The number of hydrogen-bond acceptors (Lipinski definition) is 15. The number of anilines is 6. The molecule has 2 fully saturated rings. The van der Waals surface area contributed by atoms with E-state index in [1.807, 2.05) is 27.7 Å². The van der Waals surface area contributed by atoms with Gasteiger partial charge in [0.15, 0.2) is 0 Å². The fraction of sp³-hybridized carbons (Fsp3) is 0.541. The maximum atomic E-state index is 12.9. The summed E-state index contributed by atoms with van der Waals surface area (Å²) in [4.78, 5) is 44.6. The van der Waals surface area contributed by atoms with Crippen molar-refractivity contribution in [3.63, 3.8) is 0 Å². The number of ketones is 1. The average molecular weight is 858 g/mol. The molecule has 2 saturated carbocycles. The fourth-order valence-electron chi connectivity index (χ4n) is 6.14. The van der Waals surface area contributed by atoms with Gasteiger partial charge in [0.25, 0.3) is 0 Å². The van der Waals surface area contributed by atoms with E-state index in [2.05, 4.69) is 61.1 Å². The maximum Gasteiger partial charge on any atom is 1.00 e. The number of aliphatic hydroxyl groups is 2. The van der Waals surface area contributed by atoms with E-state index < -0.39 is 29.8 Å². The Morgan fingerprint density at radius 2 is 1.12 bits per heavy atom. The second kappa shape index (κ2) is 23.7. The number of aliphatic hydroxyl groups excluding tert-OH is 2. The van der Waals surface area contributed by atoms with E-state index >= 15 is 0 Å². The molecule has 4 aromatic heterocycles. The van der Waals surface area contributed by atoms with Crippen LogP contribution in [0.2, 0.25) is 0 Å². The van der Waals surface area contributed by atoms with E-state index in [-0.39, 0.29) is 92.4 Å². The van der Waals surface area contributed by atoms with E-state index in [9.17, 15) is 36.2 Å². The van der Waals surface area contributed by atoms with Gasteiger partial charge in [-0.2, -0.15) is 56.2 Å². The number of carbonyl (C=O) groups is 1. The van der Waals surface area contributed by atoms with E-state index in [1.165, 1.54) is 12.1 Å². The van der Waals surface area contributed by atoms with Crippen molar-refractivity contribution in [2.75, 3.05) is 28.4 Å². The monoisotopic (exact) mass is 857 g/mol. The largest absolute Gasteiger partial charge is 1.00 e. The standard InChI is InChI=1S/C18H23F3N6O.C18H21F3N6O.CH4O.B.Na.H/c2*1-10(2)23-16-25-15(11-4-3-5-13(28)8-11)26-17(27-16)24-12-6-7-22-14(9-12)18(19,20)21;1-2;;;/h6-7,9-11,13,28H,3-5,8H2,1-2H3,(H2,22,23,24,25,26,27);6-7,9-11H,3-5,8H2,1-2H3,(H2,22,23,24,25,26,27);2H,1H3;;;/q;;;;+1;-1. The van der Waals surface area contributed by atoms with Crippen LogP contribution >= 0.6 is 0 Å². The number of carbonyl (C=O) groups excluding carboxylic acids is 1. The smallest absolute Gasteiger partial charge is 1.00 e. The first-order chi connectivity index (χ1) is 27.4. The van der Waals surface area contributed by atoms with Crippen LogP contribution in [0.5, 0.6) is 0 Å². The summed E-state index contributed by atoms with van der Waals surface area (Å²) in [5.74, 6) is 1.90. The molecule has 0 bridgehead atoms. The van der Waals surface area contributed by atoms with Crippen molar-refractivity contribution in [1.29, 1.82) is 0 Å². The molecular weight excluding hydrogens is 808 g/mol. The molecule has 0 amide bonds. The van der Waals surface area contributed by atoms with Crippen molar-refractivity contribution in [3.05, 3.63) is 59.7 Å². The normalized spacial score (nSPS) is 17.8. The van der Waals surface area contributed by atoms with Gasteiger partial charge in [0.2, 0.25) is 23.8 Å². The van der Waals surface area contributed by atoms with Crippen LogP contribution in [0.1, 0.15) is 115 Å². The van der Waals surface area contributed by atoms with Gasteiger partial charge >= 0.3 is 41.9 Å². The van der Waals surface area contributed by atoms with Crippen molar-refractivity contribution >= 4 is 49.4 Å². The van der Waals surface area contributed by atoms with E-state index in [4.69, 9.17) is 5.11 Å². The number of pyridine rings is 2. The van der Waals surface area contributed by atoms with Crippen LogP contribution in [0.25, 0.3) is 0 Å². The first-order valence-corrected chi connectivity index (χ1v) is 18.7. The molecule has 4 aromatic rings. The van der Waals surface area contributed by atoms with Gasteiger partial charge in [0.1, 0.15) is 28.8 Å². The molecule has 3 radical (unpaired) electrons. The third-order valence-electron chi connectivity index (χ3n) is 8.61. The van der Waals surface area contributed by atoms with Crippen molar-refractivity contribution in [1.82, 2.24) is 39.9 Å². The number of nitrogens with one attached hydrogen (secondary N) is 4. The van der Waals surface area contributed by atoms with Crippen LogP contribution in [0.3, 0.4) is 0 Å². The predicted molar refractivity (Wildman–Crippen MR) is 211 cm³/mol. The Bertz CT molecular complexity index is 1970. The summed E-state index contributed by atoms with van der Waals surface area (Å²) in [6, 6.07) is 4.73. The van der Waals surface area contributed by atoms with Crippen molar-refractivity contribution in [2.24, 2.45) is 0 Å². The Morgan fingerprint density at radius 3 is 1.53 bits per heavy atom. The van der Waals surface area contributed by atoms with E-state index in [1.54, 1.807) is 0 Å². The minimum atomic E-state index is -4.55. The van der Waals surface area contributed by atoms with E-state index in [0.29, 0.717) is 42.8 Å². The summed E-state index contributed by atoms with van der Waals surface area (Å²) in [6.45, 7) is 7.69. The number of nitrogens with zero attached hydrogens (tertiary/aromatic N) is 8. The zero-order valence-electron chi connectivity index (χ0n) is 35.2. The van der Waals surface area contributed by atoms with Gasteiger partial charge in [-0.05, 0) is 84.1 Å². The van der Waals surface area contributed by atoms with Crippen LogP contribution in [0, 0.1) is 0 Å². The van der Waals surface area contributed by atoms with Crippen molar-refractivity contribution in [2.45, 2.75) is 121 Å². The van der Waals surface area contributed by atoms with Crippen LogP contribution in [-0.2, 0) is 17.1 Å². The fourth-order valence-corrected chi connectivity index (χ4v) is 6.14. The van der Waals surface area contributed by atoms with Crippen LogP contribution in [0.15, 0.2) is 36.7 Å². The molecule has 3 unspecified atom stereocenters. The molecule has 23 heteroatoms. The number of Topliss-reactive ketones (excluding diaryl/α,β-unsaturated/α-hetero) is 1. The molecule has 0 saturated heterocycles. The number of aromatic nitrogens is 8. The molecule has 3 atom stereocenters. The van der Waals surface area contributed by atoms with E-state index in [0.717, 1.165) is 63.7 Å². The number of alkyl halides is 6. The Hall–Kier alpha value is -4.25. The van der Waals surface area contributed by atoms with Crippen LogP contribution in [0.4, 0.5) is 61.5 Å². The van der Waals surface area contributed by atoms with Gasteiger partial charge in [0.05, 0.1) is 6.10 Å². The molecule has 2 aliphatic rings. The topological polar surface area (TPSA) is 209 Å². The second-order valence-corrected chi connectivity index (χ2v) is 14.2. The van der Waals surface area contributed by atoms with Gasteiger partial charge in [-0.3, -0.25) is 14.8 Å². The maximum absolute atomic E-state index is 12.9. The average Bonchev–Trinajstić information content (AvgIpc) is 3.15. The summed E-state index contributed by atoms with van der Waals surface area (Å²) in [5.41, 5.74) is -1.67. The van der Waals surface area contributed by atoms with Crippen LogP contribution < -0.4 is 50.8 Å². The summed E-state index contributed by atoms with van der Waals surface area (Å²) in [7, 11) is 1.00. The predicted octanol–water partition coefficient (Wildman–Crippen LogP) is 4.29.